The summed E-state index contributed by atoms with van der Waals surface area (Å²) in [4.78, 5) is 28.7. The highest BCUT2D eigenvalue weighted by atomic mass is 35.5. The van der Waals surface area contributed by atoms with Gasteiger partial charge in [-0.1, -0.05) is 72.6 Å². The van der Waals surface area contributed by atoms with Gasteiger partial charge in [-0.2, -0.15) is 13.2 Å². The molecular weight excluding hydrogens is 614 g/mol. The Balaban J connectivity index is 2.09. The number of anilines is 1. The lowest BCUT2D eigenvalue weighted by molar-refractivity contribution is -0.140. The van der Waals surface area contributed by atoms with Gasteiger partial charge in [0.1, 0.15) is 12.6 Å². The topological polar surface area (TPSA) is 86.8 Å². The van der Waals surface area contributed by atoms with Gasteiger partial charge in [-0.05, 0) is 47.9 Å². The maximum Gasteiger partial charge on any atom is 0.416 e. The number of carbonyl (C=O) groups excluding carboxylic acids is 2. The van der Waals surface area contributed by atoms with Gasteiger partial charge < -0.3 is 10.2 Å². The van der Waals surface area contributed by atoms with E-state index in [-0.39, 0.29) is 23.7 Å². The van der Waals surface area contributed by atoms with Gasteiger partial charge in [0.05, 0.1) is 17.5 Å². The van der Waals surface area contributed by atoms with E-state index < -0.39 is 46.2 Å². The second-order valence-corrected chi connectivity index (χ2v) is 12.3. The van der Waals surface area contributed by atoms with Crippen molar-refractivity contribution in [1.29, 1.82) is 0 Å². The minimum absolute atomic E-state index is 0.0791. The molecule has 42 heavy (non-hydrogen) atoms. The minimum Gasteiger partial charge on any atom is -0.354 e. The number of amides is 2. The van der Waals surface area contributed by atoms with Crippen LogP contribution in [-0.4, -0.2) is 50.5 Å². The third-order valence-corrected chi connectivity index (χ3v) is 8.04. The molecule has 0 radical (unpaired) electrons. The van der Waals surface area contributed by atoms with Crippen molar-refractivity contribution in [1.82, 2.24) is 10.2 Å². The molecule has 1 atom stereocenters. The fraction of sp³-hybridized carbons (Fsp3) is 0.310. The molecule has 0 fully saturated rings. The summed E-state index contributed by atoms with van der Waals surface area (Å²) in [5.41, 5.74) is -0.264. The zero-order chi connectivity index (χ0) is 31.1. The number of rotatable bonds is 12. The predicted octanol–water partition coefficient (Wildman–Crippen LogP) is 5.94. The molecule has 0 aliphatic heterocycles. The van der Waals surface area contributed by atoms with Crippen molar-refractivity contribution >= 4 is 50.7 Å². The predicted molar refractivity (Wildman–Crippen MR) is 158 cm³/mol. The molecule has 0 spiro atoms. The normalized spacial score (nSPS) is 12.5. The van der Waals surface area contributed by atoms with Crippen molar-refractivity contribution in [2.45, 2.75) is 38.5 Å². The maximum absolute atomic E-state index is 14.0. The largest absolute Gasteiger partial charge is 0.416 e. The van der Waals surface area contributed by atoms with Gasteiger partial charge in [0, 0.05) is 29.6 Å². The van der Waals surface area contributed by atoms with Crippen molar-refractivity contribution in [2.75, 3.05) is 23.7 Å². The van der Waals surface area contributed by atoms with Gasteiger partial charge in [-0.3, -0.25) is 13.9 Å². The summed E-state index contributed by atoms with van der Waals surface area (Å²) in [5, 5.41) is 3.35. The number of sulfonamides is 1. The Morgan fingerprint density at radius 3 is 2.26 bits per heavy atom. The molecule has 0 aromatic heterocycles. The van der Waals surface area contributed by atoms with E-state index in [1.807, 2.05) is 6.92 Å². The Labute approximate surface area is 253 Å². The van der Waals surface area contributed by atoms with Crippen LogP contribution < -0.4 is 9.62 Å². The van der Waals surface area contributed by atoms with E-state index in [9.17, 15) is 31.2 Å². The average Bonchev–Trinajstić information content (AvgIpc) is 2.92. The summed E-state index contributed by atoms with van der Waals surface area (Å²) < 4.78 is 66.4. The first-order valence-electron chi connectivity index (χ1n) is 12.9. The smallest absolute Gasteiger partial charge is 0.354 e. The summed E-state index contributed by atoms with van der Waals surface area (Å²) in [6, 6.07) is 16.1. The average molecular weight is 645 g/mol. The van der Waals surface area contributed by atoms with Crippen LogP contribution in [0.4, 0.5) is 18.9 Å². The third-order valence-electron chi connectivity index (χ3n) is 6.32. The SMILES string of the molecule is CCCNC(=O)C(Cc1ccccc1)N(Cc1ccc(Cl)cc1Cl)C(=O)CN(c1cccc(C(F)(F)F)c1)S(C)(=O)=O. The van der Waals surface area contributed by atoms with Gasteiger partial charge in [0.2, 0.25) is 21.8 Å². The number of halogens is 5. The van der Waals surface area contributed by atoms with Gasteiger partial charge in [-0.15, -0.1) is 0 Å². The zero-order valence-corrected chi connectivity index (χ0v) is 25.2. The van der Waals surface area contributed by atoms with Crippen LogP contribution in [0.15, 0.2) is 72.8 Å². The molecule has 0 saturated carbocycles. The Hall–Kier alpha value is -3.28. The number of hydrogen-bond donors (Lipinski definition) is 1. The quantitative estimate of drug-likeness (QED) is 0.264. The van der Waals surface area contributed by atoms with Crippen molar-refractivity contribution in [2.24, 2.45) is 0 Å². The number of hydrogen-bond acceptors (Lipinski definition) is 4. The van der Waals surface area contributed by atoms with Crippen LogP contribution in [0.5, 0.6) is 0 Å². The highest BCUT2D eigenvalue weighted by molar-refractivity contribution is 7.92. The lowest BCUT2D eigenvalue weighted by Crippen LogP contribution is -2.53. The first kappa shape index (κ1) is 33.2. The van der Waals surface area contributed by atoms with E-state index in [1.165, 1.54) is 17.0 Å². The van der Waals surface area contributed by atoms with E-state index in [0.717, 1.165) is 24.0 Å². The standard InChI is InChI=1S/C29H30Cl2F3N3O4S/c1-3-14-35-28(39)26(15-20-8-5-4-6-9-20)36(18-21-12-13-23(30)17-25(21)31)27(38)19-37(42(2,40)41)24-11-7-10-22(16-24)29(32,33)34/h4-13,16-17,26H,3,14-15,18-19H2,1-2H3,(H,35,39). The molecule has 0 bridgehead atoms. The highest BCUT2D eigenvalue weighted by Gasteiger charge is 2.35. The van der Waals surface area contributed by atoms with E-state index in [1.54, 1.807) is 42.5 Å². The van der Waals surface area contributed by atoms with Crippen molar-refractivity contribution in [3.05, 3.63) is 99.5 Å². The van der Waals surface area contributed by atoms with Gasteiger partial charge in [-0.25, -0.2) is 8.42 Å². The van der Waals surface area contributed by atoms with E-state index in [4.69, 9.17) is 23.2 Å². The van der Waals surface area contributed by atoms with E-state index >= 15 is 0 Å². The van der Waals surface area contributed by atoms with Crippen LogP contribution in [0.25, 0.3) is 0 Å². The van der Waals surface area contributed by atoms with Crippen molar-refractivity contribution in [3.8, 4) is 0 Å². The van der Waals surface area contributed by atoms with Crippen LogP contribution in [0.1, 0.15) is 30.0 Å². The molecule has 2 amide bonds. The van der Waals surface area contributed by atoms with Gasteiger partial charge in [0.25, 0.3) is 0 Å². The third kappa shape index (κ3) is 9.11. The molecule has 0 heterocycles. The molecule has 7 nitrogen and oxygen atoms in total. The monoisotopic (exact) mass is 643 g/mol. The van der Waals surface area contributed by atoms with Gasteiger partial charge in [0.15, 0.2) is 0 Å². The Kier molecular flexibility index (Phi) is 11.3. The van der Waals surface area contributed by atoms with Crippen LogP contribution in [0.3, 0.4) is 0 Å². The summed E-state index contributed by atoms with van der Waals surface area (Å²) in [5.74, 6) is -1.31. The second kappa shape index (κ2) is 14.3. The van der Waals surface area contributed by atoms with E-state index in [2.05, 4.69) is 5.32 Å². The lowest BCUT2D eigenvalue weighted by Gasteiger charge is -2.33. The summed E-state index contributed by atoms with van der Waals surface area (Å²) >= 11 is 12.4. The fourth-order valence-electron chi connectivity index (χ4n) is 4.20. The first-order chi connectivity index (χ1) is 19.7. The number of nitrogens with zero attached hydrogens (tertiary/aromatic N) is 2. The highest BCUT2D eigenvalue weighted by Crippen LogP contribution is 2.32. The molecule has 226 valence electrons. The summed E-state index contributed by atoms with van der Waals surface area (Å²) in [6.07, 6.45) is -3.25. The van der Waals surface area contributed by atoms with E-state index in [0.29, 0.717) is 33.9 Å². The molecular formula is C29H30Cl2F3N3O4S. The number of alkyl halides is 3. The van der Waals surface area contributed by atoms with Gasteiger partial charge >= 0.3 is 6.18 Å². The molecule has 3 aromatic carbocycles. The second-order valence-electron chi connectivity index (χ2n) is 9.57. The number of nitrogens with one attached hydrogen (secondary N) is 1. The van der Waals surface area contributed by atoms with Crippen LogP contribution >= 0.6 is 23.2 Å². The molecule has 13 heteroatoms. The van der Waals surface area contributed by atoms with Crippen molar-refractivity contribution < 1.29 is 31.2 Å². The maximum atomic E-state index is 14.0. The summed E-state index contributed by atoms with van der Waals surface area (Å²) in [7, 11) is -4.24. The van der Waals surface area contributed by atoms with Crippen LogP contribution in [0, 0.1) is 0 Å². The Morgan fingerprint density at radius 1 is 0.976 bits per heavy atom. The summed E-state index contributed by atoms with van der Waals surface area (Å²) in [6.45, 7) is 1.12. The first-order valence-corrected chi connectivity index (χ1v) is 15.5. The number of carbonyl (C=O) groups is 2. The molecule has 0 aliphatic carbocycles. The Morgan fingerprint density at radius 2 is 1.67 bits per heavy atom. The molecule has 0 aliphatic rings. The zero-order valence-electron chi connectivity index (χ0n) is 22.9. The number of benzene rings is 3. The molecule has 3 rings (SSSR count). The van der Waals surface area contributed by atoms with Crippen LogP contribution in [0.2, 0.25) is 10.0 Å². The minimum atomic E-state index is -4.74. The lowest BCUT2D eigenvalue weighted by atomic mass is 10.0. The molecule has 3 aromatic rings. The van der Waals surface area contributed by atoms with Crippen LogP contribution in [-0.2, 0) is 38.8 Å². The molecule has 1 unspecified atom stereocenters. The molecule has 0 saturated heterocycles. The Bertz CT molecular complexity index is 1510. The van der Waals surface area contributed by atoms with Crippen molar-refractivity contribution in [3.63, 3.8) is 0 Å². The molecule has 1 N–H and O–H groups in total. The fourth-order valence-corrected chi connectivity index (χ4v) is 5.51.